The van der Waals surface area contributed by atoms with Gasteiger partial charge in [0.15, 0.2) is 0 Å². The molecule has 2 aliphatic carbocycles. The highest BCUT2D eigenvalue weighted by Crippen LogP contribution is 2.48. The smallest absolute Gasteiger partial charge is 0.412 e. The molecule has 1 N–H and O–H groups in total. The zero-order valence-electron chi connectivity index (χ0n) is 24.0. The van der Waals surface area contributed by atoms with E-state index < -0.39 is 12.1 Å². The van der Waals surface area contributed by atoms with Crippen molar-refractivity contribution in [1.82, 2.24) is 5.32 Å². The van der Waals surface area contributed by atoms with Crippen LogP contribution in [-0.4, -0.2) is 37.3 Å². The number of nitrogens with one attached hydrogen (secondary N) is 1. The van der Waals surface area contributed by atoms with E-state index in [1.807, 2.05) is 36.4 Å². The second kappa shape index (κ2) is 14.1. The summed E-state index contributed by atoms with van der Waals surface area (Å²) in [6.45, 7) is 11.6. The normalized spacial score (nSPS) is 22.1. The van der Waals surface area contributed by atoms with Gasteiger partial charge in [0.05, 0.1) is 11.4 Å². The topological polar surface area (TPSA) is 116 Å². The third-order valence-corrected chi connectivity index (χ3v) is 6.99. The number of amides is 1. The van der Waals surface area contributed by atoms with Gasteiger partial charge in [-0.1, -0.05) is 45.5 Å². The van der Waals surface area contributed by atoms with Gasteiger partial charge in [0, 0.05) is 24.5 Å². The van der Waals surface area contributed by atoms with E-state index in [0.717, 1.165) is 30.6 Å². The molecule has 1 fully saturated rings. The van der Waals surface area contributed by atoms with Crippen LogP contribution in [0, 0.1) is 10.8 Å². The van der Waals surface area contributed by atoms with Crippen LogP contribution in [-0.2, 0) is 23.8 Å². The fourth-order valence-electron chi connectivity index (χ4n) is 5.52. The van der Waals surface area contributed by atoms with E-state index in [0.29, 0.717) is 30.6 Å². The molecule has 3 rings (SSSR count). The van der Waals surface area contributed by atoms with Crippen molar-refractivity contribution in [2.24, 2.45) is 21.1 Å². The highest BCUT2D eigenvalue weighted by Gasteiger charge is 2.42. The minimum absolute atomic E-state index is 0.00116. The summed E-state index contributed by atoms with van der Waals surface area (Å²) < 4.78 is 15.8. The lowest BCUT2D eigenvalue weighted by Gasteiger charge is -2.46. The van der Waals surface area contributed by atoms with Crippen molar-refractivity contribution in [3.05, 3.63) is 66.1 Å². The van der Waals surface area contributed by atoms with Crippen molar-refractivity contribution >= 4 is 23.7 Å². The first-order valence-electron chi connectivity index (χ1n) is 13.8. The summed E-state index contributed by atoms with van der Waals surface area (Å²) in [6.07, 6.45) is 7.68. The number of azo groups is 1. The first-order valence-corrected chi connectivity index (χ1v) is 13.8. The number of allylic oxidation sites excluding steroid dienone is 4. The standard InChI is InChI=1S/C31H41N3O6/c1-22(2)28(36)39-18-17-38-27(35)15-16-31(5)20-25(19-30(3,4)21-31)32-29(37)40-26-13-11-24(12-14-26)34-33-23-9-7-6-8-10-23/h6-11,13,25H,1,12,14-21H2,2-5H3,(H,32,37). The molecule has 216 valence electrons. The number of hydrogen-bond donors (Lipinski definition) is 1. The van der Waals surface area contributed by atoms with Crippen LogP contribution >= 0.6 is 0 Å². The average molecular weight is 552 g/mol. The van der Waals surface area contributed by atoms with Gasteiger partial charge in [0.25, 0.3) is 0 Å². The first kappa shape index (κ1) is 30.8. The van der Waals surface area contributed by atoms with Crippen LogP contribution in [0.3, 0.4) is 0 Å². The van der Waals surface area contributed by atoms with Gasteiger partial charge in [0.1, 0.15) is 19.0 Å². The van der Waals surface area contributed by atoms with Gasteiger partial charge in [-0.15, -0.1) is 0 Å². The molecule has 1 aromatic carbocycles. The Kier molecular flexibility index (Phi) is 10.8. The number of carbonyl (C=O) groups is 3. The van der Waals surface area contributed by atoms with Crippen molar-refractivity contribution in [3.63, 3.8) is 0 Å². The third-order valence-electron chi connectivity index (χ3n) is 6.99. The predicted molar refractivity (Wildman–Crippen MR) is 151 cm³/mol. The third kappa shape index (κ3) is 10.4. The first-order chi connectivity index (χ1) is 18.9. The van der Waals surface area contributed by atoms with Gasteiger partial charge in [0.2, 0.25) is 0 Å². The molecule has 0 aliphatic heterocycles. The number of alkyl carbamates (subject to hydrolysis) is 1. The number of carbonyl (C=O) groups excluding carboxylic acids is 3. The Hall–Kier alpha value is -3.75. The van der Waals surface area contributed by atoms with Gasteiger partial charge in [-0.3, -0.25) is 4.79 Å². The number of ether oxygens (including phenoxy) is 3. The maximum absolute atomic E-state index is 12.7. The number of nitrogens with zero attached hydrogens (tertiary/aromatic N) is 2. The van der Waals surface area contributed by atoms with Gasteiger partial charge in [-0.2, -0.15) is 10.2 Å². The Bertz CT molecular complexity index is 1170. The van der Waals surface area contributed by atoms with E-state index in [-0.39, 0.29) is 42.5 Å². The highest BCUT2D eigenvalue weighted by atomic mass is 16.6. The van der Waals surface area contributed by atoms with E-state index in [2.05, 4.69) is 42.9 Å². The minimum Gasteiger partial charge on any atom is -0.462 e. The van der Waals surface area contributed by atoms with Gasteiger partial charge in [-0.25, -0.2) is 9.59 Å². The summed E-state index contributed by atoms with van der Waals surface area (Å²) in [5, 5.41) is 11.6. The van der Waals surface area contributed by atoms with Crippen LogP contribution in [0.5, 0.6) is 0 Å². The van der Waals surface area contributed by atoms with Crippen LogP contribution in [0.2, 0.25) is 0 Å². The summed E-state index contributed by atoms with van der Waals surface area (Å²) in [4.78, 5) is 36.4. The second-order valence-electron chi connectivity index (χ2n) is 11.8. The Morgan fingerprint density at radius 1 is 1.00 bits per heavy atom. The molecule has 2 atom stereocenters. The second-order valence-corrected chi connectivity index (χ2v) is 11.8. The molecule has 0 spiro atoms. The van der Waals surface area contributed by atoms with Crippen molar-refractivity contribution in [1.29, 1.82) is 0 Å². The number of hydrogen-bond acceptors (Lipinski definition) is 8. The highest BCUT2D eigenvalue weighted by molar-refractivity contribution is 5.86. The zero-order valence-corrected chi connectivity index (χ0v) is 24.0. The van der Waals surface area contributed by atoms with Gasteiger partial charge in [-0.05, 0) is 74.1 Å². The van der Waals surface area contributed by atoms with Crippen LogP contribution in [0.25, 0.3) is 0 Å². The van der Waals surface area contributed by atoms with Gasteiger partial charge >= 0.3 is 18.0 Å². The molecule has 0 aromatic heterocycles. The molecular formula is C31H41N3O6. The molecule has 2 unspecified atom stereocenters. The zero-order chi connectivity index (χ0) is 29.2. The molecule has 1 aromatic rings. The maximum Gasteiger partial charge on any atom is 0.412 e. The van der Waals surface area contributed by atoms with E-state index in [9.17, 15) is 14.4 Å². The molecule has 0 saturated heterocycles. The SMILES string of the molecule is C=C(C)C(=O)OCCOC(=O)CCC1(C)CC(NC(=O)OC2=CC=C(N=Nc3ccccc3)CC2)CC(C)(C)C1. The Balaban J connectivity index is 1.46. The molecule has 2 aliphatic rings. The minimum atomic E-state index is -0.503. The fourth-order valence-corrected chi connectivity index (χ4v) is 5.52. The van der Waals surface area contributed by atoms with E-state index in [1.165, 1.54) is 0 Å². The number of rotatable bonds is 11. The lowest BCUT2D eigenvalue weighted by Crippen LogP contribution is -2.47. The fraction of sp³-hybridized carbons (Fsp3) is 0.516. The quantitative estimate of drug-likeness (QED) is 0.103. The summed E-state index contributed by atoms with van der Waals surface area (Å²) in [5.74, 6) is -0.248. The summed E-state index contributed by atoms with van der Waals surface area (Å²) in [7, 11) is 0. The summed E-state index contributed by atoms with van der Waals surface area (Å²) in [6, 6.07) is 9.45. The largest absolute Gasteiger partial charge is 0.462 e. The number of esters is 2. The van der Waals surface area contributed by atoms with Crippen molar-refractivity contribution < 1.29 is 28.6 Å². The Labute approximate surface area is 236 Å². The Morgan fingerprint density at radius 3 is 2.40 bits per heavy atom. The van der Waals surface area contributed by atoms with E-state index in [4.69, 9.17) is 14.2 Å². The predicted octanol–water partition coefficient (Wildman–Crippen LogP) is 7.09. The van der Waals surface area contributed by atoms with E-state index >= 15 is 0 Å². The summed E-state index contributed by atoms with van der Waals surface area (Å²) in [5.41, 5.74) is 1.74. The molecule has 9 nitrogen and oxygen atoms in total. The molecule has 0 bridgehead atoms. The monoisotopic (exact) mass is 551 g/mol. The van der Waals surface area contributed by atoms with Crippen molar-refractivity contribution in [3.8, 4) is 0 Å². The Morgan fingerprint density at radius 2 is 1.73 bits per heavy atom. The van der Waals surface area contributed by atoms with Crippen LogP contribution in [0.4, 0.5) is 10.5 Å². The van der Waals surface area contributed by atoms with Crippen LogP contribution < -0.4 is 5.32 Å². The van der Waals surface area contributed by atoms with Gasteiger partial charge < -0.3 is 19.5 Å². The molecule has 0 heterocycles. The molecule has 1 amide bonds. The molecule has 1 saturated carbocycles. The van der Waals surface area contributed by atoms with E-state index in [1.54, 1.807) is 13.0 Å². The lowest BCUT2D eigenvalue weighted by molar-refractivity contribution is -0.150. The molecule has 9 heteroatoms. The maximum atomic E-state index is 12.7. The van der Waals surface area contributed by atoms with Crippen LogP contribution in [0.1, 0.15) is 72.6 Å². The molecule has 40 heavy (non-hydrogen) atoms. The lowest BCUT2D eigenvalue weighted by atomic mass is 9.61. The van der Waals surface area contributed by atoms with Crippen molar-refractivity contribution in [2.45, 2.75) is 78.7 Å². The molecule has 0 radical (unpaired) electrons. The molecular weight excluding hydrogens is 510 g/mol. The average Bonchev–Trinajstić information content (AvgIpc) is 2.89. The van der Waals surface area contributed by atoms with Crippen molar-refractivity contribution in [2.75, 3.05) is 13.2 Å². The summed E-state index contributed by atoms with van der Waals surface area (Å²) >= 11 is 0. The number of benzene rings is 1. The van der Waals surface area contributed by atoms with Crippen LogP contribution in [0.15, 0.2) is 76.3 Å².